The smallest absolute Gasteiger partial charge is 0.119 e. The summed E-state index contributed by atoms with van der Waals surface area (Å²) in [6.07, 6.45) is 0.185. The Balaban J connectivity index is 2.23. The minimum Gasteiger partial charge on any atom is -0.491 e. The predicted molar refractivity (Wildman–Crippen MR) is 85.4 cm³/mol. The molecule has 0 saturated carbocycles. The Morgan fingerprint density at radius 1 is 1.10 bits per heavy atom. The van der Waals surface area contributed by atoms with Crippen molar-refractivity contribution in [3.63, 3.8) is 0 Å². The first-order chi connectivity index (χ1) is 9.60. The maximum atomic E-state index is 6.36. The van der Waals surface area contributed by atoms with Gasteiger partial charge in [0.1, 0.15) is 5.75 Å². The van der Waals surface area contributed by atoms with E-state index in [0.717, 1.165) is 28.4 Å². The monoisotopic (exact) mass is 289 g/mol. The van der Waals surface area contributed by atoms with Crippen LogP contribution in [0.25, 0.3) is 11.1 Å². The van der Waals surface area contributed by atoms with E-state index in [1.165, 1.54) is 5.56 Å². The van der Waals surface area contributed by atoms with Gasteiger partial charge in [-0.3, -0.25) is 0 Å². The number of benzene rings is 2. The minimum absolute atomic E-state index is 0.185. The van der Waals surface area contributed by atoms with Gasteiger partial charge in [0.25, 0.3) is 0 Å². The van der Waals surface area contributed by atoms with Crippen molar-refractivity contribution in [2.45, 2.75) is 26.5 Å². The molecule has 0 spiro atoms. The highest BCUT2D eigenvalue weighted by Gasteiger charge is 2.05. The zero-order chi connectivity index (χ0) is 14.5. The van der Waals surface area contributed by atoms with Crippen LogP contribution in [0.3, 0.4) is 0 Å². The van der Waals surface area contributed by atoms with E-state index in [9.17, 15) is 0 Å². The van der Waals surface area contributed by atoms with Crippen molar-refractivity contribution in [2.24, 2.45) is 0 Å². The van der Waals surface area contributed by atoms with Gasteiger partial charge in [0.15, 0.2) is 0 Å². The summed E-state index contributed by atoms with van der Waals surface area (Å²) in [4.78, 5) is 0. The molecule has 2 rings (SSSR count). The second kappa shape index (κ2) is 6.78. The third kappa shape index (κ3) is 3.75. The van der Waals surface area contributed by atoms with Gasteiger partial charge in [-0.15, -0.1) is 0 Å². The Labute approximate surface area is 125 Å². The molecule has 0 unspecified atom stereocenters. The van der Waals surface area contributed by atoms with E-state index in [4.69, 9.17) is 16.3 Å². The van der Waals surface area contributed by atoms with Gasteiger partial charge in [0.2, 0.25) is 0 Å². The number of rotatable bonds is 5. The van der Waals surface area contributed by atoms with Gasteiger partial charge in [-0.1, -0.05) is 35.9 Å². The van der Waals surface area contributed by atoms with Crippen molar-refractivity contribution in [2.75, 3.05) is 7.05 Å². The quantitative estimate of drug-likeness (QED) is 0.874. The lowest BCUT2D eigenvalue weighted by Crippen LogP contribution is -2.05. The first-order valence-corrected chi connectivity index (χ1v) is 7.18. The van der Waals surface area contributed by atoms with Crippen LogP contribution in [0.5, 0.6) is 5.75 Å². The molecule has 20 heavy (non-hydrogen) atoms. The molecule has 2 nitrogen and oxygen atoms in total. The predicted octanol–water partition coefficient (Wildman–Crippen LogP) is 4.51. The molecule has 0 bridgehead atoms. The molecule has 3 heteroatoms. The molecule has 0 atom stereocenters. The van der Waals surface area contributed by atoms with Gasteiger partial charge in [-0.05, 0) is 50.2 Å². The molecule has 0 radical (unpaired) electrons. The number of nitrogens with one attached hydrogen (secondary N) is 1. The van der Waals surface area contributed by atoms with Gasteiger partial charge in [0.05, 0.1) is 6.10 Å². The van der Waals surface area contributed by atoms with Crippen molar-refractivity contribution in [3.05, 3.63) is 53.1 Å². The first-order valence-electron chi connectivity index (χ1n) is 6.80. The summed E-state index contributed by atoms with van der Waals surface area (Å²) < 4.78 is 5.65. The lowest BCUT2D eigenvalue weighted by molar-refractivity contribution is 0.242. The lowest BCUT2D eigenvalue weighted by Gasteiger charge is -2.11. The molecular weight excluding hydrogens is 270 g/mol. The van der Waals surface area contributed by atoms with E-state index in [1.807, 2.05) is 51.2 Å². The molecule has 0 saturated heterocycles. The Hall–Kier alpha value is -1.51. The molecule has 2 aromatic rings. The molecule has 0 aliphatic rings. The number of ether oxygens (including phenoxy) is 1. The van der Waals surface area contributed by atoms with Crippen LogP contribution in [-0.2, 0) is 6.54 Å². The Kier molecular flexibility index (Phi) is 5.05. The SMILES string of the molecule is CNCc1ccc(-c2ccc(OC(C)C)cc2)c(Cl)c1. The van der Waals surface area contributed by atoms with E-state index in [-0.39, 0.29) is 6.10 Å². The third-order valence-electron chi connectivity index (χ3n) is 2.95. The topological polar surface area (TPSA) is 21.3 Å². The van der Waals surface area contributed by atoms with Gasteiger partial charge in [-0.25, -0.2) is 0 Å². The summed E-state index contributed by atoms with van der Waals surface area (Å²) >= 11 is 6.36. The molecule has 0 fully saturated rings. The number of hydrogen-bond acceptors (Lipinski definition) is 2. The van der Waals surface area contributed by atoms with Crippen LogP contribution in [-0.4, -0.2) is 13.2 Å². The van der Waals surface area contributed by atoms with Crippen molar-refractivity contribution in [3.8, 4) is 16.9 Å². The second-order valence-electron chi connectivity index (χ2n) is 5.04. The Morgan fingerprint density at radius 3 is 2.35 bits per heavy atom. The molecule has 0 heterocycles. The van der Waals surface area contributed by atoms with Crippen LogP contribution >= 0.6 is 11.6 Å². The fourth-order valence-corrected chi connectivity index (χ4v) is 2.40. The molecule has 0 amide bonds. The number of hydrogen-bond donors (Lipinski definition) is 1. The lowest BCUT2D eigenvalue weighted by atomic mass is 10.0. The zero-order valence-electron chi connectivity index (χ0n) is 12.1. The molecule has 1 N–H and O–H groups in total. The number of halogens is 1. The van der Waals surface area contributed by atoms with Crippen LogP contribution in [0.1, 0.15) is 19.4 Å². The standard InChI is InChI=1S/C17H20ClNO/c1-12(2)20-15-7-5-14(6-8-15)16-9-4-13(11-19-3)10-17(16)18/h4-10,12,19H,11H2,1-3H3. The normalized spacial score (nSPS) is 10.8. The summed E-state index contributed by atoms with van der Waals surface area (Å²) in [6.45, 7) is 4.86. The van der Waals surface area contributed by atoms with E-state index in [0.29, 0.717) is 0 Å². The van der Waals surface area contributed by atoms with Crippen LogP contribution < -0.4 is 10.1 Å². The van der Waals surface area contributed by atoms with Crippen LogP contribution in [0, 0.1) is 0 Å². The zero-order valence-corrected chi connectivity index (χ0v) is 12.9. The fourth-order valence-electron chi connectivity index (χ4n) is 2.09. The summed E-state index contributed by atoms with van der Waals surface area (Å²) in [5.74, 6) is 0.881. The van der Waals surface area contributed by atoms with Crippen molar-refractivity contribution < 1.29 is 4.74 Å². The average Bonchev–Trinajstić information content (AvgIpc) is 2.40. The minimum atomic E-state index is 0.185. The maximum absolute atomic E-state index is 6.36. The Bertz CT molecular complexity index is 564. The highest BCUT2D eigenvalue weighted by atomic mass is 35.5. The summed E-state index contributed by atoms with van der Waals surface area (Å²) in [7, 11) is 1.93. The summed E-state index contributed by atoms with van der Waals surface area (Å²) in [5.41, 5.74) is 3.32. The largest absolute Gasteiger partial charge is 0.491 e. The molecular formula is C17H20ClNO. The van der Waals surface area contributed by atoms with Crippen LogP contribution in [0.2, 0.25) is 5.02 Å². The van der Waals surface area contributed by atoms with Crippen molar-refractivity contribution in [1.82, 2.24) is 5.32 Å². The molecule has 0 aliphatic heterocycles. The van der Waals surface area contributed by atoms with E-state index >= 15 is 0 Å². The van der Waals surface area contributed by atoms with Crippen LogP contribution in [0.15, 0.2) is 42.5 Å². The van der Waals surface area contributed by atoms with Gasteiger partial charge in [-0.2, -0.15) is 0 Å². The van der Waals surface area contributed by atoms with E-state index in [2.05, 4.69) is 17.4 Å². The van der Waals surface area contributed by atoms with E-state index < -0.39 is 0 Å². The van der Waals surface area contributed by atoms with Crippen molar-refractivity contribution in [1.29, 1.82) is 0 Å². The van der Waals surface area contributed by atoms with Crippen LogP contribution in [0.4, 0.5) is 0 Å². The molecule has 2 aromatic carbocycles. The third-order valence-corrected chi connectivity index (χ3v) is 3.26. The van der Waals surface area contributed by atoms with Gasteiger partial charge >= 0.3 is 0 Å². The fraction of sp³-hybridized carbons (Fsp3) is 0.294. The maximum Gasteiger partial charge on any atom is 0.119 e. The highest BCUT2D eigenvalue weighted by Crippen LogP contribution is 2.30. The highest BCUT2D eigenvalue weighted by molar-refractivity contribution is 6.33. The van der Waals surface area contributed by atoms with E-state index in [1.54, 1.807) is 0 Å². The average molecular weight is 290 g/mol. The summed E-state index contributed by atoms with van der Waals surface area (Å²) in [5, 5.41) is 3.89. The first kappa shape index (κ1) is 14.9. The molecule has 0 aromatic heterocycles. The molecule has 0 aliphatic carbocycles. The Morgan fingerprint density at radius 2 is 1.80 bits per heavy atom. The summed E-state index contributed by atoms with van der Waals surface area (Å²) in [6, 6.07) is 14.2. The van der Waals surface area contributed by atoms with Gasteiger partial charge in [0, 0.05) is 17.1 Å². The van der Waals surface area contributed by atoms with Crippen molar-refractivity contribution >= 4 is 11.6 Å². The molecule has 106 valence electrons. The second-order valence-corrected chi connectivity index (χ2v) is 5.44. The van der Waals surface area contributed by atoms with Gasteiger partial charge < -0.3 is 10.1 Å².